The Morgan fingerprint density at radius 1 is 0.521 bits per heavy atom. The maximum atomic E-state index is 12.7. The molecule has 0 unspecified atom stereocenters. The van der Waals surface area contributed by atoms with Gasteiger partial charge in [0.15, 0.2) is 0 Å². The Morgan fingerprint density at radius 3 is 1.80 bits per heavy atom. The van der Waals surface area contributed by atoms with Crippen molar-refractivity contribution in [3.63, 3.8) is 0 Å². The fourth-order valence-corrected chi connectivity index (χ4v) is 9.54. The third-order valence-corrected chi connectivity index (χ3v) is 13.6. The second-order valence-electron chi connectivity index (χ2n) is 20.9. The van der Waals surface area contributed by atoms with E-state index in [1.54, 1.807) is 6.20 Å². The van der Waals surface area contributed by atoms with Crippen LogP contribution in [0.2, 0.25) is 0 Å². The van der Waals surface area contributed by atoms with Crippen molar-refractivity contribution in [1.82, 2.24) is 14.5 Å². The zero-order valence-electron chi connectivity index (χ0n) is 43.7. The normalized spacial score (nSPS) is 12.6. The Bertz CT molecular complexity index is 3590. The molecule has 10 aromatic rings. The number of hydrogen-bond acceptors (Lipinski definition) is 3. The van der Waals surface area contributed by atoms with E-state index in [0.717, 1.165) is 55.7 Å². The van der Waals surface area contributed by atoms with Crippen molar-refractivity contribution in [2.24, 2.45) is 0 Å². The molecule has 0 aliphatic rings. The van der Waals surface area contributed by atoms with E-state index in [-0.39, 0.29) is 37.6 Å². The van der Waals surface area contributed by atoms with E-state index < -0.39 is 11.8 Å². The number of phenols is 1. The van der Waals surface area contributed by atoms with E-state index in [9.17, 15) is 7.85 Å². The molecule has 4 nitrogen and oxygen atoms in total. The minimum absolute atomic E-state index is 0. The molecular weight excluding hydrogens is 1050 g/mol. The van der Waals surface area contributed by atoms with E-state index in [4.69, 9.17) is 9.97 Å². The number of aromatic hydroxyl groups is 1. The van der Waals surface area contributed by atoms with Crippen molar-refractivity contribution < 1.29 is 28.9 Å². The molecule has 71 heavy (non-hydrogen) atoms. The van der Waals surface area contributed by atoms with Gasteiger partial charge >= 0.3 is 0 Å². The van der Waals surface area contributed by atoms with Gasteiger partial charge in [0.25, 0.3) is 0 Å². The van der Waals surface area contributed by atoms with Crippen LogP contribution in [0.1, 0.15) is 91.5 Å². The molecule has 0 radical (unpaired) electrons. The van der Waals surface area contributed by atoms with Crippen molar-refractivity contribution in [2.45, 2.75) is 78.0 Å². The van der Waals surface area contributed by atoms with Gasteiger partial charge in [0.1, 0.15) is 11.6 Å². The van der Waals surface area contributed by atoms with Gasteiger partial charge in [0, 0.05) is 52.2 Å². The third kappa shape index (κ3) is 9.84. The predicted octanol–water partition coefficient (Wildman–Crippen LogP) is 16.8. The summed E-state index contributed by atoms with van der Waals surface area (Å²) < 4.78 is 21.6. The number of benzene rings is 8. The van der Waals surface area contributed by atoms with Gasteiger partial charge in [-0.3, -0.25) is 9.55 Å². The van der Waals surface area contributed by atoms with Gasteiger partial charge in [-0.1, -0.05) is 218 Å². The molecule has 0 bridgehead atoms. The van der Waals surface area contributed by atoms with E-state index in [1.807, 2.05) is 91.0 Å². The Labute approximate surface area is 437 Å². The van der Waals surface area contributed by atoms with Crippen LogP contribution in [0.15, 0.2) is 200 Å². The molecule has 8 aromatic carbocycles. The summed E-state index contributed by atoms with van der Waals surface area (Å²) >= 11 is 0. The number of fused-ring (bicyclic) bond motifs is 1. The fraction of sp³-hybridized carbons (Fsp3) is 0.182. The van der Waals surface area contributed by atoms with E-state index in [0.29, 0.717) is 44.9 Å². The number of pyridine rings is 1. The number of hydrogen-bond donors (Lipinski definition) is 1. The van der Waals surface area contributed by atoms with Gasteiger partial charge < -0.3 is 5.11 Å². The number of imidazole rings is 1. The minimum Gasteiger partial charge on any atom is -0.507 e. The number of aromatic nitrogens is 3. The largest absolute Gasteiger partial charge is 0.507 e. The first-order valence-electron chi connectivity index (χ1n) is 25.2. The van der Waals surface area contributed by atoms with Crippen molar-refractivity contribution in [1.29, 1.82) is 0 Å². The number of phenolic OH excluding ortho intramolecular Hbond substituents is 1. The predicted molar refractivity (Wildman–Crippen MR) is 292 cm³/mol. The summed E-state index contributed by atoms with van der Waals surface area (Å²) in [4.78, 5) is 10.5. The second-order valence-corrected chi connectivity index (χ2v) is 20.9. The molecule has 0 saturated carbocycles. The molecule has 2 aromatic heterocycles. The van der Waals surface area contributed by atoms with Crippen LogP contribution >= 0.6 is 0 Å². The topological polar surface area (TPSA) is 50.9 Å². The van der Waals surface area contributed by atoms with Gasteiger partial charge in [-0.25, -0.2) is 4.98 Å². The van der Waals surface area contributed by atoms with Gasteiger partial charge in [0.05, 0.1) is 22.3 Å². The number of rotatable bonds is 10. The van der Waals surface area contributed by atoms with Crippen LogP contribution in [0.25, 0.3) is 72.7 Å². The Morgan fingerprint density at radius 2 is 1.14 bits per heavy atom. The summed E-state index contributed by atoms with van der Waals surface area (Å²) in [6.45, 7) is 17.6. The van der Waals surface area contributed by atoms with Crippen LogP contribution in [0.5, 0.6) is 5.75 Å². The standard InChI is InChI=1S/C66H60N3O.Pt/c1-64(2,3)53-42-56(62(70)57(43-53)65(4,5)6)63-68-61-54(49-37-45(36-44-22-13-9-14-23-44)38-50(39-49)58-40-48(34-35-67-58)46-24-15-10-16-25-46)30-21-31-60(61)69(63)59-33-32-52(41-55(59)47-26-17-11-18-27-47)66(7,8)51-28-19-12-20-29-51;/h9-35,37-38,40-43,70H,36H2,1-8H3;/q-1;/i36D2;. The second kappa shape index (κ2) is 19.6. The van der Waals surface area contributed by atoms with Crippen molar-refractivity contribution in [3.05, 3.63) is 240 Å². The average Bonchev–Trinajstić information content (AvgIpc) is 3.78. The monoisotopic (exact) mass is 1110 g/mol. The molecule has 0 atom stereocenters. The molecule has 0 aliphatic carbocycles. The van der Waals surface area contributed by atoms with E-state index in [1.165, 1.54) is 5.56 Å². The summed E-state index contributed by atoms with van der Waals surface area (Å²) in [5.41, 5.74) is 14.3. The molecule has 2 heterocycles. The molecule has 5 heteroatoms. The van der Waals surface area contributed by atoms with Crippen LogP contribution in [-0.4, -0.2) is 19.6 Å². The first-order chi connectivity index (χ1) is 34.4. The zero-order valence-corrected chi connectivity index (χ0v) is 43.9. The Hall–Kier alpha value is -7.13. The summed E-state index contributed by atoms with van der Waals surface area (Å²) in [5, 5.41) is 12.7. The van der Waals surface area contributed by atoms with Crippen LogP contribution < -0.4 is 0 Å². The summed E-state index contributed by atoms with van der Waals surface area (Å²) in [6.07, 6.45) is -0.0728. The average molecular weight is 1110 g/mol. The molecule has 0 amide bonds. The summed E-state index contributed by atoms with van der Waals surface area (Å²) in [7, 11) is 0. The van der Waals surface area contributed by atoms with Crippen LogP contribution in [0.4, 0.5) is 0 Å². The molecule has 0 spiro atoms. The molecule has 1 N–H and O–H groups in total. The van der Waals surface area contributed by atoms with Crippen molar-refractivity contribution >= 4 is 11.0 Å². The SMILES string of the molecule is [2H]C([2H])(c1ccccc1)c1cc(-c2cc(-c3ccccc3)ccn2)[c-]c(-c2cccc3c2nc(-c2cc(C(C)(C)C)cc(C(C)(C)C)c2O)n3-c2ccc(C(C)(C)c3ccccc3)cc2-c2ccccc2)c1.[Pt]. The first-order valence-corrected chi connectivity index (χ1v) is 24.2. The van der Waals surface area contributed by atoms with Gasteiger partial charge in [-0.2, -0.15) is 0 Å². The molecule has 0 saturated heterocycles. The van der Waals surface area contributed by atoms with Crippen LogP contribution in [0, 0.1) is 6.07 Å². The van der Waals surface area contributed by atoms with Gasteiger partial charge in [-0.15, -0.1) is 29.3 Å². The van der Waals surface area contributed by atoms with Crippen LogP contribution in [-0.2, 0) is 43.7 Å². The molecule has 10 rings (SSSR count). The Balaban J connectivity index is 0.00000656. The minimum atomic E-state index is -1.88. The van der Waals surface area contributed by atoms with E-state index >= 15 is 0 Å². The smallest absolute Gasteiger partial charge is 0.148 e. The van der Waals surface area contributed by atoms with Crippen LogP contribution in [0.3, 0.4) is 0 Å². The zero-order chi connectivity index (χ0) is 50.6. The van der Waals surface area contributed by atoms with Crippen molar-refractivity contribution in [2.75, 3.05) is 0 Å². The molecular formula is C66H60N3OPt-. The molecule has 0 fully saturated rings. The number of nitrogens with zero attached hydrogens (tertiary/aromatic N) is 3. The van der Waals surface area contributed by atoms with Gasteiger partial charge in [-0.05, 0) is 86.5 Å². The quantitative estimate of drug-likeness (QED) is 0.139. The van der Waals surface area contributed by atoms with Gasteiger partial charge in [0.2, 0.25) is 0 Å². The number of para-hydroxylation sites is 1. The first kappa shape index (κ1) is 46.3. The summed E-state index contributed by atoms with van der Waals surface area (Å²) in [5.74, 6) is 0.778. The maximum absolute atomic E-state index is 12.7. The molecule has 0 aliphatic heterocycles. The summed E-state index contributed by atoms with van der Waals surface area (Å²) in [6, 6.07) is 69.4. The third-order valence-electron chi connectivity index (χ3n) is 13.6. The molecule has 356 valence electrons. The van der Waals surface area contributed by atoms with E-state index in [2.05, 4.69) is 169 Å². The van der Waals surface area contributed by atoms with Crippen molar-refractivity contribution in [3.8, 4) is 67.5 Å². The Kier molecular flexibility index (Phi) is 12.8. The fourth-order valence-electron chi connectivity index (χ4n) is 9.54. The maximum Gasteiger partial charge on any atom is 0.148 e.